The molecule has 2 heterocycles. The molecule has 0 aliphatic carbocycles. The van der Waals surface area contributed by atoms with E-state index in [1.807, 2.05) is 18.3 Å². The number of hydrogen-bond donors (Lipinski definition) is 2. The largest absolute Gasteiger partial charge is 0.381 e. The van der Waals surface area contributed by atoms with Gasteiger partial charge in [-0.1, -0.05) is 18.2 Å². The normalized spacial score (nSPS) is 20.8. The monoisotopic (exact) mass is 257 g/mol. The van der Waals surface area contributed by atoms with Gasteiger partial charge < -0.3 is 4.74 Å². The molecule has 3 rings (SSSR count). The zero-order valence-electron chi connectivity index (χ0n) is 10.9. The van der Waals surface area contributed by atoms with Crippen LogP contribution in [0, 0.1) is 5.92 Å². The van der Waals surface area contributed by atoms with Gasteiger partial charge in [0.05, 0.1) is 12.1 Å². The van der Waals surface area contributed by atoms with Crippen LogP contribution in [0.2, 0.25) is 0 Å². The molecule has 0 amide bonds. The summed E-state index contributed by atoms with van der Waals surface area (Å²) in [5.41, 5.74) is 5.29. The highest BCUT2D eigenvalue weighted by Crippen LogP contribution is 2.23. The Morgan fingerprint density at radius 3 is 3.05 bits per heavy atom. The van der Waals surface area contributed by atoms with Crippen molar-refractivity contribution < 1.29 is 4.74 Å². The van der Waals surface area contributed by atoms with Crippen LogP contribution in [0.4, 0.5) is 0 Å². The maximum atomic E-state index is 5.72. The van der Waals surface area contributed by atoms with E-state index in [9.17, 15) is 0 Å². The van der Waals surface area contributed by atoms with Crippen molar-refractivity contribution in [2.45, 2.75) is 18.9 Å². The lowest BCUT2D eigenvalue weighted by molar-refractivity contribution is 0.176. The number of para-hydroxylation sites is 1. The van der Waals surface area contributed by atoms with Gasteiger partial charge in [0.2, 0.25) is 0 Å². The van der Waals surface area contributed by atoms with Crippen molar-refractivity contribution in [3.63, 3.8) is 0 Å². The summed E-state index contributed by atoms with van der Waals surface area (Å²) >= 11 is 0. The van der Waals surface area contributed by atoms with Crippen LogP contribution in [0.25, 0.3) is 10.9 Å². The van der Waals surface area contributed by atoms with E-state index in [2.05, 4.69) is 28.6 Å². The number of pyridine rings is 1. The third-order valence-electron chi connectivity index (χ3n) is 3.93. The van der Waals surface area contributed by atoms with Crippen molar-refractivity contribution in [2.24, 2.45) is 11.8 Å². The summed E-state index contributed by atoms with van der Waals surface area (Å²) in [4.78, 5) is 4.40. The molecule has 1 fully saturated rings. The molecule has 2 atom stereocenters. The average molecular weight is 257 g/mol. The maximum absolute atomic E-state index is 5.72. The van der Waals surface area contributed by atoms with Gasteiger partial charge in [0.25, 0.3) is 0 Å². The van der Waals surface area contributed by atoms with Gasteiger partial charge in [0.1, 0.15) is 0 Å². The molecular formula is C15H19N3O. The van der Waals surface area contributed by atoms with E-state index in [1.54, 1.807) is 0 Å². The zero-order valence-corrected chi connectivity index (χ0v) is 10.9. The zero-order chi connectivity index (χ0) is 13.1. The van der Waals surface area contributed by atoms with E-state index < -0.39 is 0 Å². The molecule has 0 radical (unpaired) electrons. The number of benzene rings is 1. The highest BCUT2D eigenvalue weighted by atomic mass is 16.5. The first-order valence-corrected chi connectivity index (χ1v) is 6.75. The molecule has 0 saturated carbocycles. The number of nitrogens with one attached hydrogen (secondary N) is 1. The highest BCUT2D eigenvalue weighted by Gasteiger charge is 2.25. The molecule has 100 valence electrons. The predicted molar refractivity (Wildman–Crippen MR) is 75.5 cm³/mol. The quantitative estimate of drug-likeness (QED) is 0.646. The van der Waals surface area contributed by atoms with Gasteiger partial charge in [-0.3, -0.25) is 16.3 Å². The summed E-state index contributed by atoms with van der Waals surface area (Å²) in [7, 11) is 0. The minimum Gasteiger partial charge on any atom is -0.381 e. The minimum atomic E-state index is 0.258. The molecule has 1 saturated heterocycles. The summed E-state index contributed by atoms with van der Waals surface area (Å²) in [6.07, 6.45) is 3.86. The Morgan fingerprint density at radius 1 is 1.37 bits per heavy atom. The fourth-order valence-electron chi connectivity index (χ4n) is 2.80. The topological polar surface area (TPSA) is 60.2 Å². The van der Waals surface area contributed by atoms with E-state index in [0.717, 1.165) is 31.6 Å². The lowest BCUT2D eigenvalue weighted by Crippen LogP contribution is -2.42. The lowest BCUT2D eigenvalue weighted by Gasteiger charge is -2.22. The minimum absolute atomic E-state index is 0.258. The van der Waals surface area contributed by atoms with Gasteiger partial charge in [0, 0.05) is 30.1 Å². The Balaban J connectivity index is 1.87. The van der Waals surface area contributed by atoms with E-state index in [-0.39, 0.29) is 6.04 Å². The molecule has 0 bridgehead atoms. The smallest absolute Gasteiger partial charge is 0.0704 e. The van der Waals surface area contributed by atoms with E-state index in [1.165, 1.54) is 10.9 Å². The Hall–Kier alpha value is -1.49. The summed E-state index contributed by atoms with van der Waals surface area (Å²) < 4.78 is 5.46. The first-order valence-electron chi connectivity index (χ1n) is 6.75. The number of ether oxygens (including phenoxy) is 1. The second-order valence-corrected chi connectivity index (χ2v) is 5.09. The molecule has 0 spiro atoms. The van der Waals surface area contributed by atoms with Crippen molar-refractivity contribution >= 4 is 10.9 Å². The van der Waals surface area contributed by atoms with Crippen LogP contribution >= 0.6 is 0 Å². The number of rotatable bonds is 4. The van der Waals surface area contributed by atoms with Crippen LogP contribution in [0.3, 0.4) is 0 Å². The van der Waals surface area contributed by atoms with E-state index in [0.29, 0.717) is 5.92 Å². The molecule has 1 aromatic heterocycles. The second kappa shape index (κ2) is 5.65. The average Bonchev–Trinajstić information content (AvgIpc) is 2.99. The Bertz CT molecular complexity index is 547. The van der Waals surface area contributed by atoms with Crippen LogP contribution < -0.4 is 11.3 Å². The fraction of sp³-hybridized carbons (Fsp3) is 0.400. The van der Waals surface area contributed by atoms with Crippen molar-refractivity contribution in [2.75, 3.05) is 13.2 Å². The van der Waals surface area contributed by atoms with Gasteiger partial charge in [-0.25, -0.2) is 0 Å². The molecule has 4 heteroatoms. The molecule has 1 aliphatic heterocycles. The van der Waals surface area contributed by atoms with Crippen molar-refractivity contribution in [1.82, 2.24) is 10.4 Å². The molecule has 3 N–H and O–H groups in total. The lowest BCUT2D eigenvalue weighted by atomic mass is 9.92. The number of hydrazine groups is 1. The molecule has 19 heavy (non-hydrogen) atoms. The van der Waals surface area contributed by atoms with Crippen LogP contribution in [0.15, 0.2) is 36.5 Å². The number of hydrogen-bond acceptors (Lipinski definition) is 4. The summed E-state index contributed by atoms with van der Waals surface area (Å²) in [6.45, 7) is 1.65. The third-order valence-corrected chi connectivity index (χ3v) is 3.93. The van der Waals surface area contributed by atoms with Gasteiger partial charge in [-0.05, 0) is 30.5 Å². The third kappa shape index (κ3) is 2.61. The SMILES string of the molecule is NNC(Cc1ccnc2ccccc12)C1CCOC1. The summed E-state index contributed by atoms with van der Waals surface area (Å²) in [5, 5.41) is 1.21. The van der Waals surface area contributed by atoms with Crippen LogP contribution in [0.5, 0.6) is 0 Å². The Morgan fingerprint density at radius 2 is 2.26 bits per heavy atom. The van der Waals surface area contributed by atoms with Crippen molar-refractivity contribution in [1.29, 1.82) is 0 Å². The number of nitrogens with two attached hydrogens (primary N) is 1. The van der Waals surface area contributed by atoms with Crippen molar-refractivity contribution in [3.8, 4) is 0 Å². The molecule has 2 aromatic rings. The summed E-state index contributed by atoms with van der Waals surface area (Å²) in [5.74, 6) is 6.22. The molecular weight excluding hydrogens is 238 g/mol. The molecule has 1 aromatic carbocycles. The van der Waals surface area contributed by atoms with Gasteiger partial charge in [-0.2, -0.15) is 0 Å². The first-order chi connectivity index (χ1) is 9.38. The summed E-state index contributed by atoms with van der Waals surface area (Å²) in [6, 6.07) is 10.6. The van der Waals surface area contributed by atoms with Crippen LogP contribution in [0.1, 0.15) is 12.0 Å². The van der Waals surface area contributed by atoms with Crippen molar-refractivity contribution in [3.05, 3.63) is 42.1 Å². The highest BCUT2D eigenvalue weighted by molar-refractivity contribution is 5.81. The maximum Gasteiger partial charge on any atom is 0.0704 e. The Labute approximate surface area is 112 Å². The fourth-order valence-corrected chi connectivity index (χ4v) is 2.80. The van der Waals surface area contributed by atoms with Gasteiger partial charge in [0.15, 0.2) is 0 Å². The predicted octanol–water partition coefficient (Wildman–Crippen LogP) is 1.65. The van der Waals surface area contributed by atoms with Crippen LogP contribution in [-0.4, -0.2) is 24.2 Å². The van der Waals surface area contributed by atoms with E-state index in [4.69, 9.17) is 10.6 Å². The second-order valence-electron chi connectivity index (χ2n) is 5.09. The van der Waals surface area contributed by atoms with Gasteiger partial charge >= 0.3 is 0 Å². The van der Waals surface area contributed by atoms with Gasteiger partial charge in [-0.15, -0.1) is 0 Å². The first kappa shape index (κ1) is 12.5. The number of nitrogens with zero attached hydrogens (tertiary/aromatic N) is 1. The Kier molecular flexibility index (Phi) is 3.73. The van der Waals surface area contributed by atoms with E-state index >= 15 is 0 Å². The molecule has 1 aliphatic rings. The standard InChI is InChI=1S/C15H19N3O/c16-18-15(12-6-8-19-10-12)9-11-5-7-17-14-4-2-1-3-13(11)14/h1-5,7,12,15,18H,6,8-10,16H2. The number of aromatic nitrogens is 1. The molecule has 2 unspecified atom stereocenters. The van der Waals surface area contributed by atoms with Crippen LogP contribution in [-0.2, 0) is 11.2 Å². The molecule has 4 nitrogen and oxygen atoms in total. The number of fused-ring (bicyclic) bond motifs is 1.